The van der Waals surface area contributed by atoms with Crippen LogP contribution in [0.25, 0.3) is 0 Å². The molecule has 0 aliphatic heterocycles. The third-order valence-corrected chi connectivity index (χ3v) is 5.13. The van der Waals surface area contributed by atoms with Gasteiger partial charge < -0.3 is 15.2 Å². The summed E-state index contributed by atoms with van der Waals surface area (Å²) in [6.07, 6.45) is 0. The molecule has 6 nitrogen and oxygen atoms in total. The van der Waals surface area contributed by atoms with Crippen molar-refractivity contribution in [1.82, 2.24) is 4.72 Å². The second kappa shape index (κ2) is 7.82. The molecule has 0 saturated carbocycles. The largest absolute Gasteiger partial charge is 0.382 e. The summed E-state index contributed by atoms with van der Waals surface area (Å²) in [4.78, 5) is 0.840. The highest BCUT2D eigenvalue weighted by molar-refractivity contribution is 7.91. The van der Waals surface area contributed by atoms with Crippen molar-refractivity contribution in [3.05, 3.63) is 17.0 Å². The summed E-state index contributed by atoms with van der Waals surface area (Å²) in [5, 5.41) is 0. The molecule has 0 amide bonds. The zero-order valence-corrected chi connectivity index (χ0v) is 11.9. The van der Waals surface area contributed by atoms with Gasteiger partial charge in [-0.25, -0.2) is 13.1 Å². The number of sulfonamides is 1. The first kappa shape index (κ1) is 15.5. The maximum atomic E-state index is 11.8. The molecule has 1 aromatic heterocycles. The molecule has 1 aromatic rings. The molecule has 0 unspecified atom stereocenters. The predicted octanol–water partition coefficient (Wildman–Crippen LogP) is 0.148. The van der Waals surface area contributed by atoms with Crippen LogP contribution in [-0.2, 0) is 26.0 Å². The van der Waals surface area contributed by atoms with E-state index in [-0.39, 0.29) is 10.8 Å². The third-order valence-electron chi connectivity index (χ3n) is 2.07. The Morgan fingerprint density at radius 2 is 2.11 bits per heavy atom. The van der Waals surface area contributed by atoms with Crippen LogP contribution in [0, 0.1) is 0 Å². The molecule has 3 N–H and O–H groups in total. The number of ether oxygens (including phenoxy) is 2. The molecule has 104 valence electrons. The molecule has 18 heavy (non-hydrogen) atoms. The molecule has 0 aromatic carbocycles. The first-order chi connectivity index (χ1) is 8.60. The number of nitrogens with one attached hydrogen (secondary N) is 1. The van der Waals surface area contributed by atoms with E-state index in [4.69, 9.17) is 15.2 Å². The van der Waals surface area contributed by atoms with E-state index in [1.165, 1.54) is 11.3 Å². The van der Waals surface area contributed by atoms with Crippen LogP contribution in [0.3, 0.4) is 0 Å². The van der Waals surface area contributed by atoms with Crippen molar-refractivity contribution in [1.29, 1.82) is 0 Å². The van der Waals surface area contributed by atoms with Gasteiger partial charge in [0.1, 0.15) is 4.21 Å². The van der Waals surface area contributed by atoms with Gasteiger partial charge >= 0.3 is 0 Å². The van der Waals surface area contributed by atoms with E-state index >= 15 is 0 Å². The van der Waals surface area contributed by atoms with E-state index in [0.717, 1.165) is 4.88 Å². The van der Waals surface area contributed by atoms with Crippen LogP contribution >= 0.6 is 11.3 Å². The second-order valence-corrected chi connectivity index (χ2v) is 6.59. The van der Waals surface area contributed by atoms with Crippen molar-refractivity contribution in [3.8, 4) is 0 Å². The van der Waals surface area contributed by atoms with Crippen LogP contribution < -0.4 is 10.5 Å². The molecule has 0 radical (unpaired) electrons. The first-order valence-electron chi connectivity index (χ1n) is 5.45. The van der Waals surface area contributed by atoms with Gasteiger partial charge in [-0.3, -0.25) is 0 Å². The summed E-state index contributed by atoms with van der Waals surface area (Å²) in [6.45, 7) is 1.85. The second-order valence-electron chi connectivity index (χ2n) is 3.43. The van der Waals surface area contributed by atoms with Gasteiger partial charge in [-0.1, -0.05) is 0 Å². The van der Waals surface area contributed by atoms with Crippen LogP contribution in [0.4, 0.5) is 0 Å². The zero-order chi connectivity index (χ0) is 13.4. The first-order valence-corrected chi connectivity index (χ1v) is 7.75. The van der Waals surface area contributed by atoms with Gasteiger partial charge in [0.2, 0.25) is 10.0 Å². The fourth-order valence-electron chi connectivity index (χ4n) is 1.18. The Balaban J connectivity index is 2.36. The summed E-state index contributed by atoms with van der Waals surface area (Å²) in [6, 6.07) is 3.27. The van der Waals surface area contributed by atoms with Gasteiger partial charge in [0.15, 0.2) is 0 Å². The Labute approximate surface area is 111 Å². The average molecular weight is 294 g/mol. The van der Waals surface area contributed by atoms with Gasteiger partial charge in [-0.05, 0) is 12.1 Å². The van der Waals surface area contributed by atoms with Crippen molar-refractivity contribution >= 4 is 21.4 Å². The van der Waals surface area contributed by atoms with Crippen LogP contribution in [-0.4, -0.2) is 41.9 Å². The Kier molecular flexibility index (Phi) is 6.76. The minimum Gasteiger partial charge on any atom is -0.382 e. The highest BCUT2D eigenvalue weighted by Gasteiger charge is 2.15. The molecular formula is C10H18N2O4S2. The minimum absolute atomic E-state index is 0.238. The van der Waals surface area contributed by atoms with Gasteiger partial charge in [-0.15, -0.1) is 11.3 Å². The molecule has 0 fully saturated rings. The fraction of sp³-hybridized carbons (Fsp3) is 0.600. The topological polar surface area (TPSA) is 90.6 Å². The Morgan fingerprint density at radius 3 is 2.72 bits per heavy atom. The van der Waals surface area contributed by atoms with Crippen LogP contribution in [0.15, 0.2) is 16.3 Å². The number of thiophene rings is 1. The normalized spacial score (nSPS) is 11.9. The SMILES string of the molecule is COCCOCCNS(=O)(=O)c1ccc(CN)s1. The summed E-state index contributed by atoms with van der Waals surface area (Å²) in [7, 11) is -1.86. The van der Waals surface area contributed by atoms with Gasteiger partial charge in [0.25, 0.3) is 0 Å². The minimum atomic E-state index is -3.44. The zero-order valence-electron chi connectivity index (χ0n) is 10.2. The Bertz CT molecular complexity index is 444. The molecular weight excluding hydrogens is 276 g/mol. The lowest BCUT2D eigenvalue weighted by Gasteiger charge is -2.05. The number of rotatable bonds is 9. The third kappa shape index (κ3) is 5.01. The van der Waals surface area contributed by atoms with Crippen LogP contribution in [0.5, 0.6) is 0 Å². The summed E-state index contributed by atoms with van der Waals surface area (Å²) in [5.74, 6) is 0. The molecule has 0 saturated heterocycles. The smallest absolute Gasteiger partial charge is 0.250 e. The Morgan fingerprint density at radius 1 is 1.33 bits per heavy atom. The quantitative estimate of drug-likeness (QED) is 0.633. The summed E-state index contributed by atoms with van der Waals surface area (Å²) >= 11 is 1.18. The van der Waals surface area contributed by atoms with Crippen molar-refractivity contribution in [2.24, 2.45) is 5.73 Å². The standard InChI is InChI=1S/C10H18N2O4S2/c1-15-6-7-16-5-4-12-18(13,14)10-3-2-9(8-11)17-10/h2-3,12H,4-8,11H2,1H3. The van der Waals surface area contributed by atoms with Gasteiger partial charge in [-0.2, -0.15) is 0 Å². The lowest BCUT2D eigenvalue weighted by molar-refractivity contribution is 0.0736. The van der Waals surface area contributed by atoms with E-state index in [1.54, 1.807) is 19.2 Å². The maximum absolute atomic E-state index is 11.8. The molecule has 0 bridgehead atoms. The molecule has 0 spiro atoms. The fourth-order valence-corrected chi connectivity index (χ4v) is 3.47. The Hall–Kier alpha value is -0.510. The molecule has 8 heteroatoms. The van der Waals surface area contributed by atoms with Crippen LogP contribution in [0.1, 0.15) is 4.88 Å². The van der Waals surface area contributed by atoms with Gasteiger partial charge in [0.05, 0.1) is 19.8 Å². The van der Waals surface area contributed by atoms with E-state index in [2.05, 4.69) is 4.72 Å². The van der Waals surface area contributed by atoms with Crippen molar-refractivity contribution < 1.29 is 17.9 Å². The van der Waals surface area contributed by atoms with Crippen LogP contribution in [0.2, 0.25) is 0 Å². The lowest BCUT2D eigenvalue weighted by Crippen LogP contribution is -2.27. The van der Waals surface area contributed by atoms with E-state index < -0.39 is 10.0 Å². The molecule has 0 aliphatic rings. The number of hydrogen-bond acceptors (Lipinski definition) is 6. The van der Waals surface area contributed by atoms with E-state index in [1.807, 2.05) is 0 Å². The molecule has 1 heterocycles. The van der Waals surface area contributed by atoms with Gasteiger partial charge in [0, 0.05) is 25.1 Å². The highest BCUT2D eigenvalue weighted by Crippen LogP contribution is 2.20. The monoisotopic (exact) mass is 294 g/mol. The van der Waals surface area contributed by atoms with E-state index in [9.17, 15) is 8.42 Å². The molecule has 0 aliphatic carbocycles. The maximum Gasteiger partial charge on any atom is 0.250 e. The average Bonchev–Trinajstić information content (AvgIpc) is 2.83. The van der Waals surface area contributed by atoms with E-state index in [0.29, 0.717) is 26.4 Å². The molecule has 0 atom stereocenters. The molecule has 1 rings (SSSR count). The predicted molar refractivity (Wildman–Crippen MR) is 70.1 cm³/mol. The number of methoxy groups -OCH3 is 1. The summed E-state index contributed by atoms with van der Waals surface area (Å²) in [5.41, 5.74) is 5.44. The number of hydrogen-bond donors (Lipinski definition) is 2. The lowest BCUT2D eigenvalue weighted by atomic mass is 10.5. The summed E-state index contributed by atoms with van der Waals surface area (Å²) < 4.78 is 36.4. The van der Waals surface area contributed by atoms with Crippen molar-refractivity contribution in [2.75, 3.05) is 33.5 Å². The number of nitrogens with two attached hydrogens (primary N) is 1. The highest BCUT2D eigenvalue weighted by atomic mass is 32.2. The van der Waals surface area contributed by atoms with Crippen molar-refractivity contribution in [2.45, 2.75) is 10.8 Å². The van der Waals surface area contributed by atoms with Crippen molar-refractivity contribution in [3.63, 3.8) is 0 Å².